The summed E-state index contributed by atoms with van der Waals surface area (Å²) in [7, 11) is 1.62. The topological polar surface area (TPSA) is 115 Å². The fourth-order valence-electron chi connectivity index (χ4n) is 3.70. The van der Waals surface area contributed by atoms with Gasteiger partial charge in [-0.2, -0.15) is 5.10 Å². The summed E-state index contributed by atoms with van der Waals surface area (Å²) in [5.41, 5.74) is 2.67. The number of carbonyl (C=O) groups excluding carboxylic acids is 2. The van der Waals surface area contributed by atoms with E-state index in [-0.39, 0.29) is 12.6 Å². The van der Waals surface area contributed by atoms with Crippen LogP contribution in [0.4, 0.5) is 9.59 Å². The van der Waals surface area contributed by atoms with Gasteiger partial charge in [0.15, 0.2) is 0 Å². The summed E-state index contributed by atoms with van der Waals surface area (Å²) in [4.78, 5) is 24.5. The largest absolute Gasteiger partial charge is 0.496 e. The van der Waals surface area contributed by atoms with Gasteiger partial charge in [0.25, 0.3) is 0 Å². The van der Waals surface area contributed by atoms with E-state index in [4.69, 9.17) is 14.2 Å². The van der Waals surface area contributed by atoms with Crippen LogP contribution in [-0.4, -0.2) is 41.6 Å². The lowest BCUT2D eigenvalue weighted by Gasteiger charge is -2.20. The summed E-state index contributed by atoms with van der Waals surface area (Å²) in [6.07, 6.45) is 1.10. The van der Waals surface area contributed by atoms with Gasteiger partial charge in [-0.3, -0.25) is 5.10 Å². The van der Waals surface area contributed by atoms with Crippen LogP contribution >= 0.6 is 0 Å². The molecule has 37 heavy (non-hydrogen) atoms. The summed E-state index contributed by atoms with van der Waals surface area (Å²) >= 11 is 0. The molecule has 3 rings (SSSR count). The Balaban J connectivity index is 1.62. The first-order valence-electron chi connectivity index (χ1n) is 12.4. The number of hydrogen-bond donors (Lipinski definition) is 3. The number of nitrogens with zero attached hydrogens (tertiary/aromatic N) is 1. The third-order valence-corrected chi connectivity index (χ3v) is 5.45. The molecule has 0 radical (unpaired) electrons. The molecule has 1 aromatic heterocycles. The highest BCUT2D eigenvalue weighted by molar-refractivity contribution is 5.69. The van der Waals surface area contributed by atoms with E-state index in [0.717, 1.165) is 23.2 Å². The van der Waals surface area contributed by atoms with Crippen LogP contribution in [0.25, 0.3) is 11.3 Å². The smallest absolute Gasteiger partial charge is 0.408 e. The van der Waals surface area contributed by atoms with E-state index in [1.165, 1.54) is 0 Å². The summed E-state index contributed by atoms with van der Waals surface area (Å²) in [5, 5.41) is 13.2. The third kappa shape index (κ3) is 9.18. The second-order valence-electron chi connectivity index (χ2n) is 9.59. The molecule has 2 amide bonds. The number of methoxy groups -OCH3 is 1. The molecule has 198 valence electrons. The van der Waals surface area contributed by atoms with Gasteiger partial charge in [0.2, 0.25) is 0 Å². The molecular weight excluding hydrogens is 472 g/mol. The molecule has 0 aliphatic heterocycles. The van der Waals surface area contributed by atoms with Crippen molar-refractivity contribution >= 4 is 12.2 Å². The minimum Gasteiger partial charge on any atom is -0.496 e. The molecule has 0 unspecified atom stereocenters. The van der Waals surface area contributed by atoms with Gasteiger partial charge in [-0.15, -0.1) is 0 Å². The zero-order chi connectivity index (χ0) is 26.7. The number of para-hydroxylation sites is 1. The van der Waals surface area contributed by atoms with Gasteiger partial charge in [0.1, 0.15) is 18.0 Å². The normalized spacial score (nSPS) is 11.9. The van der Waals surface area contributed by atoms with Crippen LogP contribution in [-0.2, 0) is 16.1 Å². The number of H-pyrrole nitrogens is 1. The molecule has 9 nitrogen and oxygen atoms in total. The number of ether oxygens (including phenoxy) is 3. The van der Waals surface area contributed by atoms with E-state index in [0.29, 0.717) is 30.8 Å². The Morgan fingerprint density at radius 2 is 1.73 bits per heavy atom. The lowest BCUT2D eigenvalue weighted by atomic mass is 10.0. The maximum absolute atomic E-state index is 12.6. The lowest BCUT2D eigenvalue weighted by Crippen LogP contribution is -2.33. The minimum absolute atomic E-state index is 0.175. The van der Waals surface area contributed by atoms with Crippen molar-refractivity contribution in [3.05, 3.63) is 71.9 Å². The molecule has 9 heteroatoms. The van der Waals surface area contributed by atoms with Gasteiger partial charge in [-0.05, 0) is 63.8 Å². The van der Waals surface area contributed by atoms with Crippen LogP contribution in [0.5, 0.6) is 5.75 Å². The van der Waals surface area contributed by atoms with E-state index in [9.17, 15) is 9.59 Å². The van der Waals surface area contributed by atoms with Gasteiger partial charge in [0, 0.05) is 12.1 Å². The second kappa shape index (κ2) is 13.3. The van der Waals surface area contributed by atoms with Crippen molar-refractivity contribution in [1.29, 1.82) is 0 Å². The molecule has 3 aromatic rings. The number of aromatic amines is 1. The Hall–Kier alpha value is -4.01. The van der Waals surface area contributed by atoms with E-state index in [1.54, 1.807) is 7.11 Å². The van der Waals surface area contributed by atoms with Crippen molar-refractivity contribution in [2.45, 2.75) is 58.3 Å². The molecular formula is C28H36N4O5. The molecule has 0 aliphatic carbocycles. The fraction of sp³-hybridized carbons (Fsp3) is 0.393. The standard InChI is InChI=1S/C28H36N4O5/c1-28(2,3)37-26(33)29-17-11-10-15-22(30-27(34)36-19-20-12-6-5-7-13-20)24-18-23(31-32-24)21-14-8-9-16-25(21)35-4/h5-9,12-14,16,18,22H,10-11,15,17,19H2,1-4H3,(H,29,33)(H,30,34)(H,31,32)/t22-/m1/s1. The Morgan fingerprint density at radius 3 is 2.46 bits per heavy atom. The maximum atomic E-state index is 12.6. The zero-order valence-corrected chi connectivity index (χ0v) is 21.9. The number of nitrogens with one attached hydrogen (secondary N) is 3. The number of aromatic nitrogens is 2. The minimum atomic E-state index is -0.543. The van der Waals surface area contributed by atoms with E-state index >= 15 is 0 Å². The van der Waals surface area contributed by atoms with E-state index in [2.05, 4.69) is 20.8 Å². The number of benzene rings is 2. The Kier molecular flexibility index (Phi) is 9.94. The highest BCUT2D eigenvalue weighted by Gasteiger charge is 2.20. The average molecular weight is 509 g/mol. The first-order valence-corrected chi connectivity index (χ1v) is 12.4. The summed E-state index contributed by atoms with van der Waals surface area (Å²) in [6.45, 7) is 6.11. The molecule has 0 saturated heterocycles. The number of amides is 2. The predicted octanol–water partition coefficient (Wildman–Crippen LogP) is 5.75. The average Bonchev–Trinajstić information content (AvgIpc) is 3.36. The van der Waals surface area contributed by atoms with Crippen molar-refractivity contribution < 1.29 is 23.8 Å². The number of alkyl carbamates (subject to hydrolysis) is 2. The van der Waals surface area contributed by atoms with E-state index in [1.807, 2.05) is 81.4 Å². The van der Waals surface area contributed by atoms with Crippen molar-refractivity contribution in [3.63, 3.8) is 0 Å². The van der Waals surface area contributed by atoms with Crippen LogP contribution in [0.1, 0.15) is 57.3 Å². The van der Waals surface area contributed by atoms with Gasteiger partial charge in [-0.1, -0.05) is 42.5 Å². The van der Waals surface area contributed by atoms with Gasteiger partial charge in [0.05, 0.1) is 24.5 Å². The highest BCUT2D eigenvalue weighted by Crippen LogP contribution is 2.30. The summed E-state index contributed by atoms with van der Waals surface area (Å²) < 4.78 is 16.2. The number of unbranched alkanes of at least 4 members (excludes halogenated alkanes) is 1. The van der Waals surface area contributed by atoms with Crippen LogP contribution in [0, 0.1) is 0 Å². The van der Waals surface area contributed by atoms with Crippen molar-refractivity contribution in [2.24, 2.45) is 0 Å². The molecule has 2 aromatic carbocycles. The number of carbonyl (C=O) groups is 2. The second-order valence-corrected chi connectivity index (χ2v) is 9.59. The molecule has 1 heterocycles. The van der Waals surface area contributed by atoms with Gasteiger partial charge in [-0.25, -0.2) is 9.59 Å². The SMILES string of the molecule is COc1ccccc1-c1cc([C@@H](CCCCNC(=O)OC(C)(C)C)NC(=O)OCc2ccccc2)[nH]n1. The van der Waals surface area contributed by atoms with Crippen molar-refractivity contribution in [1.82, 2.24) is 20.8 Å². The predicted molar refractivity (Wildman–Crippen MR) is 141 cm³/mol. The Morgan fingerprint density at radius 1 is 1.00 bits per heavy atom. The molecule has 0 fully saturated rings. The monoisotopic (exact) mass is 508 g/mol. The van der Waals surface area contributed by atoms with Crippen LogP contribution in [0.2, 0.25) is 0 Å². The van der Waals surface area contributed by atoms with Crippen LogP contribution < -0.4 is 15.4 Å². The van der Waals surface area contributed by atoms with Gasteiger partial charge >= 0.3 is 12.2 Å². The summed E-state index contributed by atoms with van der Waals surface area (Å²) in [5.74, 6) is 0.709. The Labute approximate surface area is 217 Å². The highest BCUT2D eigenvalue weighted by atomic mass is 16.6. The van der Waals surface area contributed by atoms with Crippen LogP contribution in [0.15, 0.2) is 60.7 Å². The maximum Gasteiger partial charge on any atom is 0.408 e. The van der Waals surface area contributed by atoms with Gasteiger partial charge < -0.3 is 24.8 Å². The van der Waals surface area contributed by atoms with Crippen molar-refractivity contribution in [2.75, 3.05) is 13.7 Å². The van der Waals surface area contributed by atoms with E-state index < -0.39 is 17.8 Å². The molecule has 3 N–H and O–H groups in total. The summed E-state index contributed by atoms with van der Waals surface area (Å²) in [6, 6.07) is 18.7. The quantitative estimate of drug-likeness (QED) is 0.284. The third-order valence-electron chi connectivity index (χ3n) is 5.45. The lowest BCUT2D eigenvalue weighted by molar-refractivity contribution is 0.0527. The molecule has 1 atom stereocenters. The molecule has 0 saturated carbocycles. The molecule has 0 spiro atoms. The number of rotatable bonds is 11. The Bertz CT molecular complexity index is 1140. The zero-order valence-electron chi connectivity index (χ0n) is 21.9. The molecule has 0 aliphatic rings. The molecule has 0 bridgehead atoms. The number of hydrogen-bond acceptors (Lipinski definition) is 6. The van der Waals surface area contributed by atoms with Crippen molar-refractivity contribution in [3.8, 4) is 17.0 Å². The fourth-order valence-corrected chi connectivity index (χ4v) is 3.70. The first-order chi connectivity index (χ1) is 17.7. The first kappa shape index (κ1) is 27.6. The van der Waals surface area contributed by atoms with Crippen LogP contribution in [0.3, 0.4) is 0 Å².